The molecule has 4 aromatic carbocycles. The quantitative estimate of drug-likeness (QED) is 0.189. The summed E-state index contributed by atoms with van der Waals surface area (Å²) in [4.78, 5) is 34.5. The van der Waals surface area contributed by atoms with Crippen molar-refractivity contribution in [3.8, 4) is 16.9 Å². The number of phosphoric ester groups is 1. The first kappa shape index (κ1) is 28.1. The molecular formula is C31H28NO8P. The van der Waals surface area contributed by atoms with Crippen molar-refractivity contribution in [2.45, 2.75) is 25.0 Å². The van der Waals surface area contributed by atoms with Crippen LogP contribution in [-0.2, 0) is 31.6 Å². The maximum Gasteiger partial charge on any atom is 0.527 e. The lowest BCUT2D eigenvalue weighted by atomic mass is 9.98. The highest BCUT2D eigenvalue weighted by molar-refractivity contribution is 7.47. The number of rotatable bonds is 11. The van der Waals surface area contributed by atoms with Crippen LogP contribution in [0.1, 0.15) is 28.2 Å². The predicted octanol–water partition coefficient (Wildman–Crippen LogP) is 5.92. The van der Waals surface area contributed by atoms with Crippen molar-refractivity contribution in [1.29, 1.82) is 0 Å². The fourth-order valence-electron chi connectivity index (χ4n) is 4.79. The fourth-order valence-corrected chi connectivity index (χ4v) is 5.55. The molecule has 1 unspecified atom stereocenters. The van der Waals surface area contributed by atoms with E-state index in [2.05, 4.69) is 5.32 Å². The maximum atomic E-state index is 12.6. The Morgan fingerprint density at radius 3 is 2.00 bits per heavy atom. The molecule has 0 bridgehead atoms. The van der Waals surface area contributed by atoms with Gasteiger partial charge in [0.15, 0.2) is 0 Å². The molecule has 0 fully saturated rings. The van der Waals surface area contributed by atoms with Gasteiger partial charge in [0.25, 0.3) is 0 Å². The number of carbonyl (C=O) groups is 2. The normalized spacial score (nSPS) is 14.3. The Bertz CT molecular complexity index is 1530. The molecule has 5 rings (SSSR count). The van der Waals surface area contributed by atoms with Crippen LogP contribution in [0.25, 0.3) is 11.1 Å². The Labute approximate surface area is 237 Å². The van der Waals surface area contributed by atoms with Crippen molar-refractivity contribution in [3.63, 3.8) is 0 Å². The largest absolute Gasteiger partial charge is 0.527 e. The molecule has 0 radical (unpaired) electrons. The first-order chi connectivity index (χ1) is 19.8. The second kappa shape index (κ2) is 12.4. The average molecular weight is 574 g/mol. The van der Waals surface area contributed by atoms with Gasteiger partial charge in [-0.3, -0.25) is 9.42 Å². The third-order valence-corrected chi connectivity index (χ3v) is 7.65. The Morgan fingerprint density at radius 1 is 0.805 bits per heavy atom. The molecule has 0 spiro atoms. The van der Waals surface area contributed by atoms with Gasteiger partial charge < -0.3 is 19.7 Å². The fraction of sp³-hybridized carbons (Fsp3) is 0.161. The van der Waals surface area contributed by atoms with E-state index in [0.717, 1.165) is 22.3 Å². The van der Waals surface area contributed by atoms with Crippen LogP contribution in [-0.4, -0.2) is 34.7 Å². The molecule has 41 heavy (non-hydrogen) atoms. The van der Waals surface area contributed by atoms with Crippen LogP contribution < -0.4 is 9.84 Å². The summed E-state index contributed by atoms with van der Waals surface area (Å²) >= 11 is 0. The second-order valence-corrected chi connectivity index (χ2v) is 10.9. The summed E-state index contributed by atoms with van der Waals surface area (Å²) in [6.45, 7) is -0.0413. The van der Waals surface area contributed by atoms with E-state index in [-0.39, 0.29) is 31.3 Å². The second-order valence-electron chi connectivity index (χ2n) is 9.53. The molecule has 4 aromatic rings. The highest BCUT2D eigenvalue weighted by Crippen LogP contribution is 2.45. The van der Waals surface area contributed by atoms with Gasteiger partial charge in [-0.25, -0.2) is 14.2 Å². The van der Waals surface area contributed by atoms with Gasteiger partial charge in [-0.1, -0.05) is 91.0 Å². The summed E-state index contributed by atoms with van der Waals surface area (Å²) in [5.41, 5.74) is 5.56. The Kier molecular flexibility index (Phi) is 8.50. The molecule has 2 atom stereocenters. The Morgan fingerprint density at radius 2 is 1.39 bits per heavy atom. The molecular weight excluding hydrogens is 545 g/mol. The van der Waals surface area contributed by atoms with Crippen LogP contribution in [0.2, 0.25) is 0 Å². The van der Waals surface area contributed by atoms with E-state index < -0.39 is 25.9 Å². The van der Waals surface area contributed by atoms with E-state index in [9.17, 15) is 24.2 Å². The lowest BCUT2D eigenvalue weighted by molar-refractivity contribution is -0.139. The van der Waals surface area contributed by atoms with Crippen LogP contribution in [0.5, 0.6) is 5.75 Å². The standard InChI is InChI=1S/C31H28NO8P/c33-30(34)29(18-21-14-16-23(17-15-21)40-41(36,37)39-19-22-8-2-1-3-9-22)32-31(35)38-20-28-26-12-6-4-10-24(26)25-11-5-7-13-27(25)28/h1-17,28-29H,18-20H2,(H,32,35)(H,33,34)(H,36,37)/t29-/m1/s1. The third-order valence-electron chi connectivity index (χ3n) is 6.75. The molecule has 210 valence electrons. The summed E-state index contributed by atoms with van der Waals surface area (Å²) in [6.07, 6.45) is -0.878. The van der Waals surface area contributed by atoms with Crippen molar-refractivity contribution in [3.05, 3.63) is 125 Å². The molecule has 0 aliphatic heterocycles. The summed E-state index contributed by atoms with van der Waals surface area (Å²) < 4.78 is 27.9. The van der Waals surface area contributed by atoms with Crippen LogP contribution in [0.4, 0.5) is 4.79 Å². The molecule has 9 nitrogen and oxygen atoms in total. The third kappa shape index (κ3) is 7.02. The minimum Gasteiger partial charge on any atom is -0.480 e. The first-order valence-electron chi connectivity index (χ1n) is 12.9. The lowest BCUT2D eigenvalue weighted by Gasteiger charge is -2.18. The number of fused-ring (bicyclic) bond motifs is 3. The maximum absolute atomic E-state index is 12.6. The predicted molar refractivity (Wildman–Crippen MR) is 151 cm³/mol. The van der Waals surface area contributed by atoms with E-state index in [0.29, 0.717) is 11.1 Å². The zero-order valence-corrected chi connectivity index (χ0v) is 22.8. The number of nitrogens with one attached hydrogen (secondary N) is 1. The number of carboxylic acids is 1. The van der Waals surface area contributed by atoms with Gasteiger partial charge in [-0.2, -0.15) is 0 Å². The van der Waals surface area contributed by atoms with Gasteiger partial charge in [0.05, 0.1) is 6.61 Å². The van der Waals surface area contributed by atoms with Gasteiger partial charge >= 0.3 is 19.9 Å². The van der Waals surface area contributed by atoms with Gasteiger partial charge in [0, 0.05) is 12.3 Å². The summed E-state index contributed by atoms with van der Waals surface area (Å²) in [5, 5.41) is 12.1. The van der Waals surface area contributed by atoms with Crippen LogP contribution in [0.15, 0.2) is 103 Å². The smallest absolute Gasteiger partial charge is 0.480 e. The van der Waals surface area contributed by atoms with Crippen molar-refractivity contribution in [1.82, 2.24) is 5.32 Å². The van der Waals surface area contributed by atoms with E-state index >= 15 is 0 Å². The Hall–Kier alpha value is -4.43. The number of phosphoric acid groups is 1. The number of hydrogen-bond donors (Lipinski definition) is 3. The summed E-state index contributed by atoms with van der Waals surface area (Å²) in [7, 11) is -4.38. The molecule has 0 aromatic heterocycles. The number of alkyl carbamates (subject to hydrolysis) is 1. The van der Waals surface area contributed by atoms with E-state index in [1.165, 1.54) is 12.1 Å². The van der Waals surface area contributed by atoms with Gasteiger partial charge in [0.1, 0.15) is 18.4 Å². The molecule has 10 heteroatoms. The summed E-state index contributed by atoms with van der Waals surface area (Å²) in [5.74, 6) is -1.31. The molecule has 1 aliphatic rings. The topological polar surface area (TPSA) is 131 Å². The summed E-state index contributed by atoms with van der Waals surface area (Å²) in [6, 6.07) is 29.4. The van der Waals surface area contributed by atoms with E-state index in [1.54, 1.807) is 36.4 Å². The Balaban J connectivity index is 1.15. The number of hydrogen-bond acceptors (Lipinski definition) is 6. The number of aliphatic carboxylic acids is 1. The molecule has 1 aliphatic carbocycles. The van der Waals surface area contributed by atoms with Gasteiger partial charge in [0.2, 0.25) is 0 Å². The minimum atomic E-state index is -4.38. The van der Waals surface area contributed by atoms with Crippen LogP contribution >= 0.6 is 7.82 Å². The number of benzene rings is 4. The number of carboxylic acid groups (broad SMARTS) is 1. The average Bonchev–Trinajstić information content (AvgIpc) is 3.29. The van der Waals surface area contributed by atoms with Crippen molar-refractivity contribution in [2.24, 2.45) is 0 Å². The lowest BCUT2D eigenvalue weighted by Crippen LogP contribution is -2.42. The molecule has 3 N–H and O–H groups in total. The highest BCUT2D eigenvalue weighted by atomic mass is 31.2. The van der Waals surface area contributed by atoms with Crippen molar-refractivity contribution in [2.75, 3.05) is 6.61 Å². The van der Waals surface area contributed by atoms with Crippen molar-refractivity contribution >= 4 is 19.9 Å². The van der Waals surface area contributed by atoms with Crippen LogP contribution in [0, 0.1) is 0 Å². The monoisotopic (exact) mass is 573 g/mol. The van der Waals surface area contributed by atoms with Crippen molar-refractivity contribution < 1.29 is 37.9 Å². The van der Waals surface area contributed by atoms with Gasteiger partial charge in [-0.15, -0.1) is 0 Å². The number of amides is 1. The zero-order chi connectivity index (χ0) is 28.8. The first-order valence-corrected chi connectivity index (χ1v) is 14.4. The minimum absolute atomic E-state index is 0.0406. The number of carbonyl (C=O) groups excluding carboxylic acids is 1. The molecule has 1 amide bonds. The zero-order valence-electron chi connectivity index (χ0n) is 21.9. The molecule has 0 saturated carbocycles. The van der Waals surface area contributed by atoms with E-state index in [1.807, 2.05) is 54.6 Å². The number of ether oxygens (including phenoxy) is 1. The molecule has 0 heterocycles. The highest BCUT2D eigenvalue weighted by Gasteiger charge is 2.30. The van der Waals surface area contributed by atoms with Crippen LogP contribution in [0.3, 0.4) is 0 Å². The molecule has 0 saturated heterocycles. The SMILES string of the molecule is O=C(N[C@H](Cc1ccc(OP(=O)(O)OCc2ccccc2)cc1)C(=O)O)OCC1c2ccccc2-c2ccccc21. The van der Waals surface area contributed by atoms with Gasteiger partial charge in [-0.05, 0) is 45.5 Å². The van der Waals surface area contributed by atoms with E-state index in [4.69, 9.17) is 13.8 Å².